The molecule has 0 aromatic heterocycles. The van der Waals surface area contributed by atoms with Crippen LogP contribution in [0, 0.1) is 0 Å². The summed E-state index contributed by atoms with van der Waals surface area (Å²) in [7, 11) is 0. The minimum absolute atomic E-state index is 0.0908. The third-order valence-electron chi connectivity index (χ3n) is 2.67. The van der Waals surface area contributed by atoms with Gasteiger partial charge in [0.15, 0.2) is 0 Å². The van der Waals surface area contributed by atoms with Crippen LogP contribution in [0.3, 0.4) is 0 Å². The van der Waals surface area contributed by atoms with Gasteiger partial charge in [-0.05, 0) is 12.0 Å². The van der Waals surface area contributed by atoms with Gasteiger partial charge in [0.1, 0.15) is 0 Å². The lowest BCUT2D eigenvalue weighted by molar-refractivity contribution is -0.137. The van der Waals surface area contributed by atoms with Gasteiger partial charge < -0.3 is 10.4 Å². The van der Waals surface area contributed by atoms with E-state index in [4.69, 9.17) is 5.11 Å². The zero-order chi connectivity index (χ0) is 13.4. The highest BCUT2D eigenvalue weighted by molar-refractivity contribution is 5.77. The van der Waals surface area contributed by atoms with Gasteiger partial charge >= 0.3 is 5.97 Å². The van der Waals surface area contributed by atoms with Gasteiger partial charge in [0.2, 0.25) is 5.91 Å². The molecule has 98 valence electrons. The Balaban J connectivity index is 2.67. The molecule has 1 atom stereocenters. The maximum atomic E-state index is 11.7. The Morgan fingerprint density at radius 1 is 1.28 bits per heavy atom. The second-order valence-corrected chi connectivity index (χ2v) is 4.23. The maximum absolute atomic E-state index is 11.7. The number of hydrogen-bond acceptors (Lipinski definition) is 2. The molecular weight excluding hydrogens is 230 g/mol. The number of amides is 1. The Hall–Kier alpha value is -1.84. The Kier molecular flexibility index (Phi) is 5.91. The van der Waals surface area contributed by atoms with E-state index in [2.05, 4.69) is 5.32 Å². The highest BCUT2D eigenvalue weighted by atomic mass is 16.4. The molecule has 18 heavy (non-hydrogen) atoms. The molecule has 0 aliphatic rings. The summed E-state index contributed by atoms with van der Waals surface area (Å²) in [5, 5.41) is 11.7. The molecule has 0 spiro atoms. The molecule has 0 heterocycles. The maximum Gasteiger partial charge on any atom is 0.305 e. The van der Waals surface area contributed by atoms with E-state index in [-0.39, 0.29) is 12.3 Å². The second-order valence-electron chi connectivity index (χ2n) is 4.23. The molecule has 0 bridgehead atoms. The summed E-state index contributed by atoms with van der Waals surface area (Å²) in [4.78, 5) is 22.5. The highest BCUT2D eigenvalue weighted by Crippen LogP contribution is 2.16. The third kappa shape index (κ3) is 4.99. The van der Waals surface area contributed by atoms with Crippen molar-refractivity contribution in [1.29, 1.82) is 0 Å². The SMILES string of the molecule is CCCCC(=O)N[C@@H](CC(=O)O)c1ccccc1. The molecule has 0 saturated carbocycles. The first-order chi connectivity index (χ1) is 8.63. The summed E-state index contributed by atoms with van der Waals surface area (Å²) in [5.74, 6) is -1.01. The van der Waals surface area contributed by atoms with E-state index >= 15 is 0 Å². The fourth-order valence-electron chi connectivity index (χ4n) is 1.72. The summed E-state index contributed by atoms with van der Waals surface area (Å²) < 4.78 is 0. The minimum atomic E-state index is -0.917. The van der Waals surface area contributed by atoms with Crippen LogP contribution >= 0.6 is 0 Å². The first-order valence-electron chi connectivity index (χ1n) is 6.19. The molecule has 1 aromatic rings. The van der Waals surface area contributed by atoms with Crippen molar-refractivity contribution in [2.45, 2.75) is 38.6 Å². The average Bonchev–Trinajstić information content (AvgIpc) is 2.36. The number of carboxylic acid groups (broad SMARTS) is 1. The summed E-state index contributed by atoms with van der Waals surface area (Å²) in [6.45, 7) is 2.01. The lowest BCUT2D eigenvalue weighted by Gasteiger charge is -2.17. The van der Waals surface area contributed by atoms with E-state index in [1.165, 1.54) is 0 Å². The van der Waals surface area contributed by atoms with Crippen molar-refractivity contribution < 1.29 is 14.7 Å². The standard InChI is InChI=1S/C14H19NO3/c1-2-3-9-13(16)15-12(10-14(17)18)11-7-5-4-6-8-11/h4-8,12H,2-3,9-10H2,1H3,(H,15,16)(H,17,18)/t12-/m0/s1. The molecular formula is C14H19NO3. The first kappa shape index (κ1) is 14.2. The number of unbranched alkanes of at least 4 members (excludes halogenated alkanes) is 1. The van der Waals surface area contributed by atoms with Crippen LogP contribution in [-0.2, 0) is 9.59 Å². The van der Waals surface area contributed by atoms with E-state index in [1.54, 1.807) is 0 Å². The summed E-state index contributed by atoms with van der Waals surface area (Å²) in [6.07, 6.45) is 2.12. The number of hydrogen-bond donors (Lipinski definition) is 2. The number of carbonyl (C=O) groups is 2. The van der Waals surface area contributed by atoms with E-state index < -0.39 is 12.0 Å². The monoisotopic (exact) mass is 249 g/mol. The molecule has 0 aliphatic carbocycles. The molecule has 0 unspecified atom stereocenters. The quantitative estimate of drug-likeness (QED) is 0.780. The molecule has 0 saturated heterocycles. The van der Waals surface area contributed by atoms with Crippen molar-refractivity contribution in [2.24, 2.45) is 0 Å². The number of carboxylic acids is 1. The van der Waals surface area contributed by atoms with Gasteiger partial charge in [-0.2, -0.15) is 0 Å². The predicted octanol–water partition coefficient (Wildman–Crippen LogP) is 2.51. The Labute approximate surface area is 107 Å². The molecule has 0 aliphatic heterocycles. The molecule has 0 radical (unpaired) electrons. The molecule has 4 heteroatoms. The van der Waals surface area contributed by atoms with Crippen molar-refractivity contribution in [2.75, 3.05) is 0 Å². The lowest BCUT2D eigenvalue weighted by Crippen LogP contribution is -2.29. The Morgan fingerprint density at radius 2 is 1.94 bits per heavy atom. The molecule has 0 fully saturated rings. The van der Waals surface area contributed by atoms with Crippen LogP contribution in [0.1, 0.15) is 44.2 Å². The zero-order valence-corrected chi connectivity index (χ0v) is 10.6. The van der Waals surface area contributed by atoms with Gasteiger partial charge in [0, 0.05) is 6.42 Å². The van der Waals surface area contributed by atoms with Crippen molar-refractivity contribution in [3.63, 3.8) is 0 Å². The normalized spacial score (nSPS) is 11.8. The van der Waals surface area contributed by atoms with Gasteiger partial charge in [-0.15, -0.1) is 0 Å². The van der Waals surface area contributed by atoms with Crippen molar-refractivity contribution in [3.8, 4) is 0 Å². The minimum Gasteiger partial charge on any atom is -0.481 e. The second kappa shape index (κ2) is 7.48. The van der Waals surface area contributed by atoms with Gasteiger partial charge in [-0.25, -0.2) is 0 Å². The van der Waals surface area contributed by atoms with Crippen LogP contribution in [-0.4, -0.2) is 17.0 Å². The number of benzene rings is 1. The first-order valence-corrected chi connectivity index (χ1v) is 6.19. The molecule has 4 nitrogen and oxygen atoms in total. The summed E-state index contributed by atoms with van der Waals surface area (Å²) in [5.41, 5.74) is 0.824. The molecule has 1 amide bonds. The van der Waals surface area contributed by atoms with Gasteiger partial charge in [0.25, 0.3) is 0 Å². The fourth-order valence-corrected chi connectivity index (χ4v) is 1.72. The van der Waals surface area contributed by atoms with Crippen LogP contribution in [0.25, 0.3) is 0 Å². The Morgan fingerprint density at radius 3 is 2.50 bits per heavy atom. The van der Waals surface area contributed by atoms with E-state index in [9.17, 15) is 9.59 Å². The van der Waals surface area contributed by atoms with Crippen LogP contribution in [0.15, 0.2) is 30.3 Å². The van der Waals surface area contributed by atoms with Crippen LogP contribution in [0.5, 0.6) is 0 Å². The van der Waals surface area contributed by atoms with Crippen molar-refractivity contribution in [1.82, 2.24) is 5.32 Å². The number of rotatable bonds is 7. The fraction of sp³-hybridized carbons (Fsp3) is 0.429. The van der Waals surface area contributed by atoms with Gasteiger partial charge in [-0.3, -0.25) is 9.59 Å². The lowest BCUT2D eigenvalue weighted by atomic mass is 10.0. The third-order valence-corrected chi connectivity index (χ3v) is 2.67. The molecule has 2 N–H and O–H groups in total. The predicted molar refractivity (Wildman–Crippen MR) is 69.1 cm³/mol. The smallest absolute Gasteiger partial charge is 0.305 e. The molecule has 1 aromatic carbocycles. The topological polar surface area (TPSA) is 66.4 Å². The average molecular weight is 249 g/mol. The van der Waals surface area contributed by atoms with Crippen molar-refractivity contribution >= 4 is 11.9 Å². The van der Waals surface area contributed by atoms with E-state index in [0.29, 0.717) is 6.42 Å². The van der Waals surface area contributed by atoms with Gasteiger partial charge in [-0.1, -0.05) is 43.7 Å². The molecule has 1 rings (SSSR count). The zero-order valence-electron chi connectivity index (χ0n) is 10.6. The van der Waals surface area contributed by atoms with Gasteiger partial charge in [0.05, 0.1) is 12.5 Å². The number of nitrogens with one attached hydrogen (secondary N) is 1. The summed E-state index contributed by atoms with van der Waals surface area (Å²) >= 11 is 0. The van der Waals surface area contributed by atoms with Crippen LogP contribution < -0.4 is 5.32 Å². The van der Waals surface area contributed by atoms with Crippen LogP contribution in [0.4, 0.5) is 0 Å². The number of aliphatic carboxylic acids is 1. The summed E-state index contributed by atoms with van der Waals surface area (Å²) in [6, 6.07) is 8.74. The highest BCUT2D eigenvalue weighted by Gasteiger charge is 2.17. The Bertz CT molecular complexity index is 389. The van der Waals surface area contributed by atoms with Crippen LogP contribution in [0.2, 0.25) is 0 Å². The van der Waals surface area contributed by atoms with E-state index in [0.717, 1.165) is 18.4 Å². The largest absolute Gasteiger partial charge is 0.481 e. The van der Waals surface area contributed by atoms with E-state index in [1.807, 2.05) is 37.3 Å². The van der Waals surface area contributed by atoms with Crippen molar-refractivity contribution in [3.05, 3.63) is 35.9 Å². The number of carbonyl (C=O) groups excluding carboxylic acids is 1.